The molecule has 3 aromatic rings. The zero-order valence-corrected chi connectivity index (χ0v) is 16.9. The van der Waals surface area contributed by atoms with Crippen LogP contribution in [0, 0.1) is 13.8 Å². The Morgan fingerprint density at radius 3 is 2.89 bits per heavy atom. The van der Waals surface area contributed by atoms with Gasteiger partial charge in [-0.2, -0.15) is 5.10 Å². The Morgan fingerprint density at radius 2 is 2.15 bits per heavy atom. The van der Waals surface area contributed by atoms with Crippen LogP contribution in [0.1, 0.15) is 63.4 Å². The van der Waals surface area contributed by atoms with Gasteiger partial charge in [0.1, 0.15) is 0 Å². The Labute approximate surface area is 164 Å². The van der Waals surface area contributed by atoms with Crippen molar-refractivity contribution in [2.24, 2.45) is 0 Å². The third-order valence-corrected chi connectivity index (χ3v) is 6.55. The lowest BCUT2D eigenvalue weighted by Crippen LogP contribution is -2.24. The molecule has 1 aromatic carbocycles. The van der Waals surface area contributed by atoms with Gasteiger partial charge < -0.3 is 5.32 Å². The highest BCUT2D eigenvalue weighted by molar-refractivity contribution is 7.12. The molecule has 0 amide bonds. The number of ketones is 1. The monoisotopic (exact) mass is 379 g/mol. The van der Waals surface area contributed by atoms with E-state index in [2.05, 4.69) is 47.4 Å². The molecular weight excluding hydrogens is 354 g/mol. The van der Waals surface area contributed by atoms with Crippen LogP contribution in [0.25, 0.3) is 5.69 Å². The van der Waals surface area contributed by atoms with Gasteiger partial charge >= 0.3 is 0 Å². The highest BCUT2D eigenvalue weighted by Crippen LogP contribution is 2.32. The van der Waals surface area contributed by atoms with E-state index in [0.29, 0.717) is 6.04 Å². The normalized spacial score (nSPS) is 16.3. The number of carbonyl (C=O) groups excluding carboxylic acids is 1. The van der Waals surface area contributed by atoms with Crippen molar-refractivity contribution >= 4 is 17.1 Å². The van der Waals surface area contributed by atoms with Crippen molar-refractivity contribution in [3.63, 3.8) is 0 Å². The summed E-state index contributed by atoms with van der Waals surface area (Å²) < 4.78 is 2.11. The molecule has 1 aliphatic carbocycles. The fourth-order valence-corrected chi connectivity index (χ4v) is 4.56. The van der Waals surface area contributed by atoms with Crippen LogP contribution in [-0.4, -0.2) is 15.6 Å². The minimum absolute atomic E-state index is 0.140. The van der Waals surface area contributed by atoms with E-state index in [1.165, 1.54) is 39.3 Å². The predicted molar refractivity (Wildman–Crippen MR) is 110 cm³/mol. The van der Waals surface area contributed by atoms with E-state index in [1.54, 1.807) is 6.92 Å². The molecule has 27 heavy (non-hydrogen) atoms. The van der Waals surface area contributed by atoms with E-state index in [-0.39, 0.29) is 5.78 Å². The number of fused-ring (bicyclic) bond motifs is 1. The maximum atomic E-state index is 11.5. The van der Waals surface area contributed by atoms with Crippen molar-refractivity contribution in [2.45, 2.75) is 52.6 Å². The maximum Gasteiger partial charge on any atom is 0.169 e. The lowest BCUT2D eigenvalue weighted by Gasteiger charge is -2.24. The molecule has 4 nitrogen and oxygen atoms in total. The standard InChI is InChI=1S/C22H25N3OS/c1-14-7-8-18(9-15(14)2)25-21-6-4-5-20(19(21)12-24-25)23-11-17-10-22(16(3)26)27-13-17/h7-10,12-13,20,23H,4-6,11H2,1-3H3. The third-order valence-electron chi connectivity index (χ3n) is 5.47. The molecular formula is C22H25N3OS. The fraction of sp³-hybridized carbons (Fsp3) is 0.364. The lowest BCUT2D eigenvalue weighted by molar-refractivity contribution is 0.102. The van der Waals surface area contributed by atoms with Gasteiger partial charge in [-0.25, -0.2) is 4.68 Å². The van der Waals surface area contributed by atoms with Gasteiger partial charge in [0.05, 0.1) is 16.8 Å². The first kappa shape index (κ1) is 18.1. The Balaban J connectivity index is 1.54. The van der Waals surface area contributed by atoms with E-state index < -0.39 is 0 Å². The average molecular weight is 380 g/mol. The number of Topliss-reactive ketones (excluding diaryl/α,β-unsaturated/α-hetero) is 1. The summed E-state index contributed by atoms with van der Waals surface area (Å²) in [5.41, 5.74) is 7.54. The van der Waals surface area contributed by atoms with Crippen LogP contribution in [0.4, 0.5) is 0 Å². The van der Waals surface area contributed by atoms with E-state index >= 15 is 0 Å². The molecule has 1 aliphatic rings. The van der Waals surface area contributed by atoms with Crippen LogP contribution in [0.3, 0.4) is 0 Å². The molecule has 0 saturated carbocycles. The number of hydrogen-bond donors (Lipinski definition) is 1. The SMILES string of the molecule is CC(=O)c1cc(CNC2CCCc3c2cnn3-c2ccc(C)c(C)c2)cs1. The summed E-state index contributed by atoms with van der Waals surface area (Å²) in [4.78, 5) is 12.3. The van der Waals surface area contributed by atoms with E-state index in [1.807, 2.05) is 12.3 Å². The summed E-state index contributed by atoms with van der Waals surface area (Å²) in [5.74, 6) is 0.140. The molecule has 2 aromatic heterocycles. The first-order valence-electron chi connectivity index (χ1n) is 9.49. The van der Waals surface area contributed by atoms with Crippen molar-refractivity contribution in [1.29, 1.82) is 0 Å². The molecule has 4 rings (SSSR count). The molecule has 1 unspecified atom stereocenters. The minimum atomic E-state index is 0.140. The summed E-state index contributed by atoms with van der Waals surface area (Å²) in [6, 6.07) is 8.85. The largest absolute Gasteiger partial charge is 0.306 e. The summed E-state index contributed by atoms with van der Waals surface area (Å²) >= 11 is 1.53. The lowest BCUT2D eigenvalue weighted by atomic mass is 9.92. The number of rotatable bonds is 5. The second-order valence-electron chi connectivity index (χ2n) is 7.43. The van der Waals surface area contributed by atoms with Gasteiger partial charge in [0, 0.05) is 23.8 Å². The van der Waals surface area contributed by atoms with Crippen molar-refractivity contribution in [2.75, 3.05) is 0 Å². The second-order valence-corrected chi connectivity index (χ2v) is 8.34. The Morgan fingerprint density at radius 1 is 1.30 bits per heavy atom. The van der Waals surface area contributed by atoms with Gasteiger partial charge in [-0.05, 0) is 80.3 Å². The van der Waals surface area contributed by atoms with Gasteiger partial charge in [-0.15, -0.1) is 11.3 Å². The number of hydrogen-bond acceptors (Lipinski definition) is 4. The third kappa shape index (κ3) is 3.62. The smallest absolute Gasteiger partial charge is 0.169 e. The summed E-state index contributed by atoms with van der Waals surface area (Å²) in [6.07, 6.45) is 5.36. The summed E-state index contributed by atoms with van der Waals surface area (Å²) in [7, 11) is 0. The molecule has 0 spiro atoms. The van der Waals surface area contributed by atoms with E-state index in [0.717, 1.165) is 36.4 Å². The van der Waals surface area contributed by atoms with Gasteiger partial charge in [0.25, 0.3) is 0 Å². The van der Waals surface area contributed by atoms with Crippen molar-refractivity contribution in [3.05, 3.63) is 68.7 Å². The van der Waals surface area contributed by atoms with Crippen LogP contribution in [0.2, 0.25) is 0 Å². The predicted octanol–water partition coefficient (Wildman–Crippen LogP) is 4.92. The van der Waals surface area contributed by atoms with Crippen molar-refractivity contribution in [1.82, 2.24) is 15.1 Å². The number of aryl methyl sites for hydroxylation is 2. The summed E-state index contributed by atoms with van der Waals surface area (Å²) in [5, 5.41) is 10.5. The quantitative estimate of drug-likeness (QED) is 0.640. The zero-order valence-electron chi connectivity index (χ0n) is 16.1. The molecule has 5 heteroatoms. The summed E-state index contributed by atoms with van der Waals surface area (Å²) in [6.45, 7) is 6.69. The number of nitrogens with one attached hydrogen (secondary N) is 1. The molecule has 0 radical (unpaired) electrons. The average Bonchev–Trinajstić information content (AvgIpc) is 3.29. The van der Waals surface area contributed by atoms with Crippen molar-refractivity contribution < 1.29 is 4.79 Å². The molecule has 1 atom stereocenters. The van der Waals surface area contributed by atoms with Crippen LogP contribution in [0.15, 0.2) is 35.8 Å². The zero-order chi connectivity index (χ0) is 19.0. The number of carbonyl (C=O) groups is 1. The van der Waals surface area contributed by atoms with Crippen LogP contribution in [-0.2, 0) is 13.0 Å². The van der Waals surface area contributed by atoms with Gasteiger partial charge in [0.15, 0.2) is 5.78 Å². The Kier molecular flexibility index (Phi) is 4.98. The minimum Gasteiger partial charge on any atom is -0.306 e. The maximum absolute atomic E-state index is 11.5. The first-order valence-corrected chi connectivity index (χ1v) is 10.4. The Bertz CT molecular complexity index is 985. The molecule has 0 bridgehead atoms. The molecule has 0 fully saturated rings. The van der Waals surface area contributed by atoms with Gasteiger partial charge in [-0.3, -0.25) is 4.79 Å². The Hall–Kier alpha value is -2.24. The molecule has 1 N–H and O–H groups in total. The van der Waals surface area contributed by atoms with Gasteiger partial charge in [-0.1, -0.05) is 6.07 Å². The molecule has 0 aliphatic heterocycles. The fourth-order valence-electron chi connectivity index (χ4n) is 3.74. The van der Waals surface area contributed by atoms with E-state index in [9.17, 15) is 4.79 Å². The van der Waals surface area contributed by atoms with Crippen LogP contribution in [0.5, 0.6) is 0 Å². The van der Waals surface area contributed by atoms with E-state index in [4.69, 9.17) is 5.10 Å². The van der Waals surface area contributed by atoms with Crippen LogP contribution < -0.4 is 5.32 Å². The number of nitrogens with zero attached hydrogens (tertiary/aromatic N) is 2. The molecule has 2 heterocycles. The highest BCUT2D eigenvalue weighted by atomic mass is 32.1. The number of benzene rings is 1. The first-order chi connectivity index (χ1) is 13.0. The topological polar surface area (TPSA) is 46.9 Å². The number of aromatic nitrogens is 2. The second kappa shape index (κ2) is 7.41. The highest BCUT2D eigenvalue weighted by Gasteiger charge is 2.24. The molecule has 0 saturated heterocycles. The van der Waals surface area contributed by atoms with Gasteiger partial charge in [0.2, 0.25) is 0 Å². The number of thiophene rings is 1. The molecule has 140 valence electrons. The van der Waals surface area contributed by atoms with Crippen LogP contribution >= 0.6 is 11.3 Å². The van der Waals surface area contributed by atoms with Crippen molar-refractivity contribution in [3.8, 4) is 5.69 Å².